The molecule has 2 aliphatic rings. The van der Waals surface area contributed by atoms with Crippen LogP contribution in [0.3, 0.4) is 0 Å². The SMILES string of the molecule is CNC(=O)NC1CC(CNCC2CNC2)N(CC(C)CN)C1. The molecule has 7 heteroatoms. The number of amides is 2. The lowest BCUT2D eigenvalue weighted by Gasteiger charge is -2.30. The van der Waals surface area contributed by atoms with Crippen molar-refractivity contribution in [2.75, 3.05) is 52.9 Å². The van der Waals surface area contributed by atoms with Gasteiger partial charge in [-0.3, -0.25) is 4.90 Å². The number of rotatable bonds is 8. The highest BCUT2D eigenvalue weighted by atomic mass is 16.2. The number of nitrogens with zero attached hydrogens (tertiary/aromatic N) is 1. The van der Waals surface area contributed by atoms with Crippen LogP contribution < -0.4 is 27.0 Å². The van der Waals surface area contributed by atoms with Crippen LogP contribution in [0.15, 0.2) is 0 Å². The molecular weight excluding hydrogens is 280 g/mol. The maximum Gasteiger partial charge on any atom is 0.314 e. The van der Waals surface area contributed by atoms with Crippen molar-refractivity contribution >= 4 is 6.03 Å². The van der Waals surface area contributed by atoms with Crippen LogP contribution in [0.4, 0.5) is 4.79 Å². The van der Waals surface area contributed by atoms with Gasteiger partial charge in [0.1, 0.15) is 0 Å². The van der Waals surface area contributed by atoms with Gasteiger partial charge in [-0.1, -0.05) is 6.92 Å². The second kappa shape index (κ2) is 8.67. The third kappa shape index (κ3) is 5.08. The largest absolute Gasteiger partial charge is 0.341 e. The number of urea groups is 1. The minimum Gasteiger partial charge on any atom is -0.341 e. The molecule has 22 heavy (non-hydrogen) atoms. The van der Waals surface area contributed by atoms with Crippen LogP contribution in [0, 0.1) is 11.8 Å². The fourth-order valence-electron chi connectivity index (χ4n) is 3.20. The van der Waals surface area contributed by atoms with E-state index in [0.29, 0.717) is 18.5 Å². The van der Waals surface area contributed by atoms with Gasteiger partial charge >= 0.3 is 6.03 Å². The zero-order valence-electron chi connectivity index (χ0n) is 13.9. The number of nitrogens with two attached hydrogens (primary N) is 1. The van der Waals surface area contributed by atoms with Crippen molar-refractivity contribution in [3.63, 3.8) is 0 Å². The third-order valence-corrected chi connectivity index (χ3v) is 4.72. The number of likely N-dealkylation sites (tertiary alicyclic amines) is 1. The van der Waals surface area contributed by atoms with Crippen molar-refractivity contribution in [2.24, 2.45) is 17.6 Å². The van der Waals surface area contributed by atoms with Gasteiger partial charge in [0.25, 0.3) is 0 Å². The first kappa shape index (κ1) is 17.5. The Hall–Kier alpha value is -0.890. The third-order valence-electron chi connectivity index (χ3n) is 4.72. The van der Waals surface area contributed by atoms with Crippen LogP contribution in [0.1, 0.15) is 13.3 Å². The van der Waals surface area contributed by atoms with Gasteiger partial charge in [0.15, 0.2) is 0 Å². The van der Waals surface area contributed by atoms with Gasteiger partial charge in [-0.25, -0.2) is 4.79 Å². The van der Waals surface area contributed by atoms with E-state index in [0.717, 1.165) is 51.6 Å². The summed E-state index contributed by atoms with van der Waals surface area (Å²) >= 11 is 0. The Labute approximate surface area is 133 Å². The molecule has 0 radical (unpaired) electrons. The van der Waals surface area contributed by atoms with E-state index in [2.05, 4.69) is 33.1 Å². The molecule has 0 aromatic rings. The van der Waals surface area contributed by atoms with Crippen LogP contribution in [0.2, 0.25) is 0 Å². The van der Waals surface area contributed by atoms with E-state index in [1.165, 1.54) is 0 Å². The van der Waals surface area contributed by atoms with Gasteiger partial charge in [-0.15, -0.1) is 0 Å². The van der Waals surface area contributed by atoms with E-state index < -0.39 is 0 Å². The summed E-state index contributed by atoms with van der Waals surface area (Å²) in [6.45, 7) is 9.13. The van der Waals surface area contributed by atoms with E-state index in [1.807, 2.05) is 0 Å². The summed E-state index contributed by atoms with van der Waals surface area (Å²) in [7, 11) is 1.66. The Bertz CT molecular complexity index is 349. The number of hydrogen-bond donors (Lipinski definition) is 5. The Morgan fingerprint density at radius 3 is 2.77 bits per heavy atom. The highest BCUT2D eigenvalue weighted by Gasteiger charge is 2.33. The molecule has 0 bridgehead atoms. The molecule has 2 aliphatic heterocycles. The minimum absolute atomic E-state index is 0.0917. The molecule has 7 nitrogen and oxygen atoms in total. The van der Waals surface area contributed by atoms with Crippen LogP contribution in [-0.2, 0) is 0 Å². The zero-order valence-corrected chi connectivity index (χ0v) is 13.9. The van der Waals surface area contributed by atoms with Crippen molar-refractivity contribution in [1.82, 2.24) is 26.2 Å². The molecule has 0 spiro atoms. The first-order valence-electron chi connectivity index (χ1n) is 8.46. The van der Waals surface area contributed by atoms with Crippen molar-refractivity contribution in [3.8, 4) is 0 Å². The molecule has 2 rings (SSSR count). The minimum atomic E-state index is -0.0917. The second-order valence-corrected chi connectivity index (χ2v) is 6.79. The summed E-state index contributed by atoms with van der Waals surface area (Å²) < 4.78 is 0. The fourth-order valence-corrected chi connectivity index (χ4v) is 3.20. The van der Waals surface area contributed by atoms with Gasteiger partial charge in [0.05, 0.1) is 0 Å². The first-order chi connectivity index (χ1) is 10.6. The quantitative estimate of drug-likeness (QED) is 0.387. The molecule has 3 atom stereocenters. The van der Waals surface area contributed by atoms with Gasteiger partial charge in [0, 0.05) is 58.4 Å². The van der Waals surface area contributed by atoms with Gasteiger partial charge in [-0.2, -0.15) is 0 Å². The van der Waals surface area contributed by atoms with Crippen LogP contribution in [0.5, 0.6) is 0 Å². The number of carbonyl (C=O) groups excluding carboxylic acids is 1. The fraction of sp³-hybridized carbons (Fsp3) is 0.933. The standard InChI is InChI=1S/C15H32N6O/c1-11(4-16)9-21-10-13(20-15(22)17-2)3-14(21)8-19-7-12-5-18-6-12/h11-14,18-19H,3-10,16H2,1-2H3,(H2,17,20,22). The highest BCUT2D eigenvalue weighted by molar-refractivity contribution is 5.73. The Morgan fingerprint density at radius 2 is 2.18 bits per heavy atom. The van der Waals surface area contributed by atoms with Gasteiger partial charge in [-0.05, 0) is 24.8 Å². The molecule has 2 fully saturated rings. The lowest BCUT2D eigenvalue weighted by atomic mass is 10.0. The highest BCUT2D eigenvalue weighted by Crippen LogP contribution is 2.19. The van der Waals surface area contributed by atoms with Gasteiger partial charge < -0.3 is 27.0 Å². The predicted molar refractivity (Wildman–Crippen MR) is 88.8 cm³/mol. The maximum absolute atomic E-state index is 11.5. The molecule has 2 saturated heterocycles. The lowest BCUT2D eigenvalue weighted by Crippen LogP contribution is -2.49. The van der Waals surface area contributed by atoms with Crippen molar-refractivity contribution in [1.29, 1.82) is 0 Å². The summed E-state index contributed by atoms with van der Waals surface area (Å²) in [5.74, 6) is 1.26. The molecule has 128 valence electrons. The van der Waals surface area contributed by atoms with Crippen LogP contribution in [0.25, 0.3) is 0 Å². The van der Waals surface area contributed by atoms with E-state index in [4.69, 9.17) is 5.73 Å². The van der Waals surface area contributed by atoms with Crippen molar-refractivity contribution in [2.45, 2.75) is 25.4 Å². The van der Waals surface area contributed by atoms with E-state index >= 15 is 0 Å². The van der Waals surface area contributed by atoms with Gasteiger partial charge in [0.2, 0.25) is 0 Å². The molecule has 0 saturated carbocycles. The summed E-state index contributed by atoms with van der Waals surface area (Å²) in [5.41, 5.74) is 5.77. The molecule has 0 aromatic heterocycles. The topological polar surface area (TPSA) is 94.4 Å². The van der Waals surface area contributed by atoms with Crippen molar-refractivity contribution < 1.29 is 4.79 Å². The summed E-state index contributed by atoms with van der Waals surface area (Å²) in [6.07, 6.45) is 1.00. The lowest BCUT2D eigenvalue weighted by molar-refractivity contribution is 0.210. The normalized spacial score (nSPS) is 27.4. The molecule has 6 N–H and O–H groups in total. The summed E-state index contributed by atoms with van der Waals surface area (Å²) in [6, 6.07) is 0.609. The average Bonchev–Trinajstić information content (AvgIpc) is 2.82. The summed E-state index contributed by atoms with van der Waals surface area (Å²) in [4.78, 5) is 14.0. The zero-order chi connectivity index (χ0) is 15.9. The molecule has 3 unspecified atom stereocenters. The second-order valence-electron chi connectivity index (χ2n) is 6.79. The number of hydrogen-bond acceptors (Lipinski definition) is 5. The first-order valence-corrected chi connectivity index (χ1v) is 8.46. The Morgan fingerprint density at radius 1 is 1.41 bits per heavy atom. The maximum atomic E-state index is 11.5. The molecule has 2 amide bonds. The Kier molecular flexibility index (Phi) is 6.88. The molecule has 2 heterocycles. The van der Waals surface area contributed by atoms with Crippen LogP contribution >= 0.6 is 0 Å². The van der Waals surface area contributed by atoms with E-state index in [1.54, 1.807) is 7.05 Å². The molecule has 0 aromatic carbocycles. The van der Waals surface area contributed by atoms with Crippen molar-refractivity contribution in [3.05, 3.63) is 0 Å². The van der Waals surface area contributed by atoms with Crippen LogP contribution in [-0.4, -0.2) is 75.9 Å². The van der Waals surface area contributed by atoms with E-state index in [-0.39, 0.29) is 12.1 Å². The number of nitrogens with one attached hydrogen (secondary N) is 4. The molecule has 0 aliphatic carbocycles. The Balaban J connectivity index is 1.80. The molecular formula is C15H32N6O. The monoisotopic (exact) mass is 312 g/mol. The predicted octanol–water partition coefficient (Wildman–Crippen LogP) is -1.24. The van der Waals surface area contributed by atoms with E-state index in [9.17, 15) is 4.79 Å². The summed E-state index contributed by atoms with van der Waals surface area (Å²) in [5, 5.41) is 12.6. The average molecular weight is 312 g/mol. The smallest absolute Gasteiger partial charge is 0.314 e. The number of carbonyl (C=O) groups is 1.